The largest absolute Gasteiger partial charge is 0.389 e. The van der Waals surface area contributed by atoms with Gasteiger partial charge in [0.25, 0.3) is 0 Å². The van der Waals surface area contributed by atoms with Crippen LogP contribution < -0.4 is 5.73 Å². The van der Waals surface area contributed by atoms with E-state index in [2.05, 4.69) is 15.9 Å². The van der Waals surface area contributed by atoms with Crippen LogP contribution >= 0.6 is 15.9 Å². The predicted octanol–water partition coefficient (Wildman–Crippen LogP) is 3.93. The van der Waals surface area contributed by atoms with Crippen molar-refractivity contribution in [2.24, 2.45) is 5.73 Å². The Morgan fingerprint density at radius 1 is 1.31 bits per heavy atom. The zero-order chi connectivity index (χ0) is 12.3. The van der Waals surface area contributed by atoms with Gasteiger partial charge in [-0.2, -0.15) is 13.2 Å². The quantitative estimate of drug-likeness (QED) is 0.841. The molecule has 90 valence electrons. The van der Waals surface area contributed by atoms with Crippen molar-refractivity contribution >= 4 is 15.9 Å². The van der Waals surface area contributed by atoms with Crippen molar-refractivity contribution in [3.05, 3.63) is 34.1 Å². The van der Waals surface area contributed by atoms with Gasteiger partial charge in [-0.1, -0.05) is 22.0 Å². The van der Waals surface area contributed by atoms with Crippen LogP contribution in [0, 0.1) is 5.82 Å². The van der Waals surface area contributed by atoms with Crippen molar-refractivity contribution in [2.45, 2.75) is 25.1 Å². The van der Waals surface area contributed by atoms with Crippen LogP contribution in [0.4, 0.5) is 17.6 Å². The maximum atomic E-state index is 13.3. The normalized spacial score (nSPS) is 13.9. The van der Waals surface area contributed by atoms with Crippen molar-refractivity contribution in [1.82, 2.24) is 0 Å². The molecular formula is C10H10BrF4N. The minimum atomic E-state index is -4.27. The number of hydrogen-bond donors (Lipinski definition) is 1. The lowest BCUT2D eigenvalue weighted by Gasteiger charge is -2.15. The third-order valence-corrected chi connectivity index (χ3v) is 2.80. The van der Waals surface area contributed by atoms with Crippen molar-refractivity contribution < 1.29 is 17.6 Å². The highest BCUT2D eigenvalue weighted by Crippen LogP contribution is 2.31. The third kappa shape index (κ3) is 3.75. The van der Waals surface area contributed by atoms with Crippen molar-refractivity contribution in [1.29, 1.82) is 0 Å². The van der Waals surface area contributed by atoms with Gasteiger partial charge < -0.3 is 5.73 Å². The van der Waals surface area contributed by atoms with E-state index in [0.717, 1.165) is 0 Å². The molecule has 0 spiro atoms. The summed E-state index contributed by atoms with van der Waals surface area (Å²) in [5.74, 6) is -0.593. The molecule has 2 N–H and O–H groups in total. The predicted molar refractivity (Wildman–Crippen MR) is 56.3 cm³/mol. The van der Waals surface area contributed by atoms with Gasteiger partial charge in [0.15, 0.2) is 0 Å². The molecule has 0 saturated carbocycles. The molecule has 1 unspecified atom stereocenters. The Labute approximate surface area is 98.8 Å². The number of hydrogen-bond acceptors (Lipinski definition) is 1. The Morgan fingerprint density at radius 3 is 2.44 bits per heavy atom. The Kier molecular flexibility index (Phi) is 4.32. The van der Waals surface area contributed by atoms with E-state index in [1.165, 1.54) is 12.1 Å². The summed E-state index contributed by atoms with van der Waals surface area (Å²) >= 11 is 3.07. The summed E-state index contributed by atoms with van der Waals surface area (Å²) in [7, 11) is 0. The third-order valence-electron chi connectivity index (χ3n) is 2.11. The SMILES string of the molecule is NC(CCC(F)(F)F)c1c(F)cccc1Br. The molecule has 1 atom stereocenters. The summed E-state index contributed by atoms with van der Waals surface area (Å²) in [6, 6.07) is 3.22. The van der Waals surface area contributed by atoms with E-state index in [1.807, 2.05) is 0 Å². The zero-order valence-corrected chi connectivity index (χ0v) is 9.78. The first-order valence-corrected chi connectivity index (χ1v) is 5.37. The van der Waals surface area contributed by atoms with Crippen LogP contribution in [0.2, 0.25) is 0 Å². The van der Waals surface area contributed by atoms with Gasteiger partial charge in [0, 0.05) is 22.5 Å². The molecule has 0 aromatic heterocycles. The highest BCUT2D eigenvalue weighted by Gasteiger charge is 2.28. The first-order chi connectivity index (χ1) is 7.31. The fourth-order valence-corrected chi connectivity index (χ4v) is 1.96. The fraction of sp³-hybridized carbons (Fsp3) is 0.400. The zero-order valence-electron chi connectivity index (χ0n) is 8.19. The molecule has 1 aromatic rings. The van der Waals surface area contributed by atoms with Crippen LogP contribution in [0.1, 0.15) is 24.4 Å². The van der Waals surface area contributed by atoms with Gasteiger partial charge in [0.1, 0.15) is 5.82 Å². The molecule has 6 heteroatoms. The van der Waals surface area contributed by atoms with Crippen LogP contribution in [-0.2, 0) is 0 Å². The minimum Gasteiger partial charge on any atom is -0.324 e. The first kappa shape index (κ1) is 13.4. The van der Waals surface area contributed by atoms with Crippen molar-refractivity contribution in [3.63, 3.8) is 0 Å². The number of benzene rings is 1. The van der Waals surface area contributed by atoms with E-state index in [-0.39, 0.29) is 12.0 Å². The molecule has 1 rings (SSSR count). The summed E-state index contributed by atoms with van der Waals surface area (Å²) < 4.78 is 49.6. The molecule has 0 bridgehead atoms. The fourth-order valence-electron chi connectivity index (χ4n) is 1.33. The summed E-state index contributed by atoms with van der Waals surface area (Å²) in [4.78, 5) is 0. The summed E-state index contributed by atoms with van der Waals surface area (Å²) in [6.45, 7) is 0. The molecular weight excluding hydrogens is 290 g/mol. The maximum Gasteiger partial charge on any atom is 0.389 e. The second-order valence-corrected chi connectivity index (χ2v) is 4.25. The lowest BCUT2D eigenvalue weighted by Crippen LogP contribution is -2.17. The summed E-state index contributed by atoms with van der Waals surface area (Å²) in [5.41, 5.74) is 5.62. The van der Waals surface area contributed by atoms with E-state index >= 15 is 0 Å². The van der Waals surface area contributed by atoms with E-state index in [0.29, 0.717) is 4.47 Å². The summed E-state index contributed by atoms with van der Waals surface area (Å²) in [5, 5.41) is 0. The smallest absolute Gasteiger partial charge is 0.324 e. The van der Waals surface area contributed by atoms with Gasteiger partial charge in [0.05, 0.1) is 0 Å². The molecule has 1 nitrogen and oxygen atoms in total. The van der Waals surface area contributed by atoms with Crippen LogP contribution in [0.3, 0.4) is 0 Å². The lowest BCUT2D eigenvalue weighted by molar-refractivity contribution is -0.136. The van der Waals surface area contributed by atoms with Crippen molar-refractivity contribution in [3.8, 4) is 0 Å². The Balaban J connectivity index is 2.77. The van der Waals surface area contributed by atoms with Gasteiger partial charge in [-0.05, 0) is 18.6 Å². The average Bonchev–Trinajstić information content (AvgIpc) is 2.13. The van der Waals surface area contributed by atoms with E-state index < -0.39 is 24.5 Å². The molecule has 0 aliphatic heterocycles. The molecule has 0 aliphatic carbocycles. The molecule has 0 aliphatic rings. The first-order valence-electron chi connectivity index (χ1n) is 4.57. The average molecular weight is 300 g/mol. The second-order valence-electron chi connectivity index (χ2n) is 3.40. The van der Waals surface area contributed by atoms with Gasteiger partial charge in [-0.25, -0.2) is 4.39 Å². The van der Waals surface area contributed by atoms with E-state index in [4.69, 9.17) is 5.73 Å². The molecule has 0 amide bonds. The van der Waals surface area contributed by atoms with Crippen LogP contribution in [0.15, 0.2) is 22.7 Å². The number of alkyl halides is 3. The van der Waals surface area contributed by atoms with Crippen LogP contribution in [0.5, 0.6) is 0 Å². The Bertz CT molecular complexity index is 344. The van der Waals surface area contributed by atoms with Crippen molar-refractivity contribution in [2.75, 3.05) is 0 Å². The van der Waals surface area contributed by atoms with Gasteiger partial charge in [-0.15, -0.1) is 0 Å². The summed E-state index contributed by atoms with van der Waals surface area (Å²) in [6.07, 6.45) is -5.62. The number of halogens is 5. The highest BCUT2D eigenvalue weighted by molar-refractivity contribution is 9.10. The Morgan fingerprint density at radius 2 is 1.94 bits per heavy atom. The van der Waals surface area contributed by atoms with Gasteiger partial charge in [-0.3, -0.25) is 0 Å². The molecule has 0 fully saturated rings. The molecule has 0 heterocycles. The number of nitrogens with two attached hydrogens (primary N) is 1. The van der Waals surface area contributed by atoms with Crippen LogP contribution in [0.25, 0.3) is 0 Å². The Hall–Kier alpha value is -0.620. The monoisotopic (exact) mass is 299 g/mol. The highest BCUT2D eigenvalue weighted by atomic mass is 79.9. The minimum absolute atomic E-state index is 0.0896. The number of rotatable bonds is 3. The van der Waals surface area contributed by atoms with E-state index in [9.17, 15) is 17.6 Å². The van der Waals surface area contributed by atoms with Crippen LogP contribution in [-0.4, -0.2) is 6.18 Å². The topological polar surface area (TPSA) is 26.0 Å². The lowest BCUT2D eigenvalue weighted by atomic mass is 10.0. The second kappa shape index (κ2) is 5.14. The molecule has 0 radical (unpaired) electrons. The maximum absolute atomic E-state index is 13.3. The molecule has 16 heavy (non-hydrogen) atoms. The van der Waals surface area contributed by atoms with Gasteiger partial charge in [0.2, 0.25) is 0 Å². The molecule has 1 aromatic carbocycles. The van der Waals surface area contributed by atoms with E-state index in [1.54, 1.807) is 6.07 Å². The molecule has 0 saturated heterocycles. The van der Waals surface area contributed by atoms with Gasteiger partial charge >= 0.3 is 6.18 Å². The standard InChI is InChI=1S/C10H10BrF4N/c11-6-2-1-3-7(12)9(6)8(16)4-5-10(13,14)15/h1-3,8H,4-5,16H2.